The Morgan fingerprint density at radius 2 is 1.71 bits per heavy atom. The first kappa shape index (κ1) is 16.6. The number of amides is 1. The number of nitrogens with zero attached hydrogens (tertiary/aromatic N) is 1. The molecule has 2 aromatic carbocycles. The van der Waals surface area contributed by atoms with Gasteiger partial charge in [0.1, 0.15) is 5.75 Å². The highest BCUT2D eigenvalue weighted by Crippen LogP contribution is 2.23. The highest BCUT2D eigenvalue weighted by Gasteiger charge is 2.29. The first-order chi connectivity index (χ1) is 11.8. The lowest BCUT2D eigenvalue weighted by Gasteiger charge is -2.25. The van der Waals surface area contributed by atoms with Gasteiger partial charge in [-0.25, -0.2) is 0 Å². The largest absolute Gasteiger partial charge is 0.497 e. The van der Waals surface area contributed by atoms with Crippen LogP contribution in [0.15, 0.2) is 54.6 Å². The number of carbonyl (C=O) groups excluding carboxylic acids is 1. The van der Waals surface area contributed by atoms with Crippen LogP contribution in [0.25, 0.3) is 0 Å². The quantitative estimate of drug-likeness (QED) is 0.774. The van der Waals surface area contributed by atoms with Crippen molar-refractivity contribution in [3.05, 3.63) is 65.7 Å². The van der Waals surface area contributed by atoms with Gasteiger partial charge in [-0.1, -0.05) is 42.5 Å². The van der Waals surface area contributed by atoms with E-state index in [-0.39, 0.29) is 0 Å². The van der Waals surface area contributed by atoms with Gasteiger partial charge < -0.3 is 9.64 Å². The molecule has 126 valence electrons. The van der Waals surface area contributed by atoms with E-state index in [0.717, 1.165) is 38.0 Å². The molecule has 0 saturated carbocycles. The third-order valence-corrected chi connectivity index (χ3v) is 4.86. The molecule has 0 spiro atoms. The normalized spacial score (nSPS) is 17.3. The Morgan fingerprint density at radius 1 is 1.00 bits per heavy atom. The van der Waals surface area contributed by atoms with Crippen LogP contribution in [-0.4, -0.2) is 30.5 Å². The minimum atomic E-state index is 0.307. The van der Waals surface area contributed by atoms with E-state index in [1.54, 1.807) is 7.11 Å². The van der Waals surface area contributed by atoms with Gasteiger partial charge in [-0.15, -0.1) is 0 Å². The second-order valence-electron chi connectivity index (χ2n) is 6.40. The molecule has 1 fully saturated rings. The molecule has 0 bridgehead atoms. The number of methoxy groups -OCH3 is 1. The SMILES string of the molecule is COc1ccc(CCN2C(=O)CCC2CCc2ccccc2)cc1. The molecule has 1 aliphatic heterocycles. The van der Waals surface area contributed by atoms with Crippen LogP contribution in [0.5, 0.6) is 5.75 Å². The summed E-state index contributed by atoms with van der Waals surface area (Å²) in [7, 11) is 1.68. The number of hydrogen-bond acceptors (Lipinski definition) is 2. The smallest absolute Gasteiger partial charge is 0.222 e. The average molecular weight is 323 g/mol. The lowest BCUT2D eigenvalue weighted by Crippen LogP contribution is -2.35. The molecule has 3 nitrogen and oxygen atoms in total. The second kappa shape index (κ2) is 8.00. The second-order valence-corrected chi connectivity index (χ2v) is 6.40. The summed E-state index contributed by atoms with van der Waals surface area (Å²) in [4.78, 5) is 14.3. The van der Waals surface area contributed by atoms with Gasteiger partial charge in [0.15, 0.2) is 0 Å². The van der Waals surface area contributed by atoms with E-state index in [1.807, 2.05) is 18.2 Å². The van der Waals surface area contributed by atoms with Crippen molar-refractivity contribution >= 4 is 5.91 Å². The fourth-order valence-electron chi connectivity index (χ4n) is 3.42. The Kier molecular flexibility index (Phi) is 5.52. The zero-order valence-corrected chi connectivity index (χ0v) is 14.3. The topological polar surface area (TPSA) is 29.5 Å². The fraction of sp³-hybridized carbons (Fsp3) is 0.381. The van der Waals surface area contributed by atoms with Crippen LogP contribution in [-0.2, 0) is 17.6 Å². The summed E-state index contributed by atoms with van der Waals surface area (Å²) < 4.78 is 5.19. The van der Waals surface area contributed by atoms with E-state index in [0.29, 0.717) is 18.4 Å². The molecular weight excluding hydrogens is 298 g/mol. The van der Waals surface area contributed by atoms with Gasteiger partial charge in [0.05, 0.1) is 7.11 Å². The van der Waals surface area contributed by atoms with Crippen molar-refractivity contribution in [1.29, 1.82) is 0 Å². The first-order valence-corrected chi connectivity index (χ1v) is 8.72. The summed E-state index contributed by atoms with van der Waals surface area (Å²) in [5, 5.41) is 0. The predicted molar refractivity (Wildman–Crippen MR) is 96.2 cm³/mol. The van der Waals surface area contributed by atoms with E-state index < -0.39 is 0 Å². The van der Waals surface area contributed by atoms with Crippen LogP contribution in [0.1, 0.15) is 30.4 Å². The highest BCUT2D eigenvalue weighted by atomic mass is 16.5. The van der Waals surface area contributed by atoms with Crippen LogP contribution in [0.3, 0.4) is 0 Å². The molecule has 0 aliphatic carbocycles. The van der Waals surface area contributed by atoms with Gasteiger partial charge in [-0.3, -0.25) is 4.79 Å². The number of ether oxygens (including phenoxy) is 1. The standard InChI is InChI=1S/C21H25NO2/c1-24-20-12-8-18(9-13-20)15-16-22-19(11-14-21(22)23)10-7-17-5-3-2-4-6-17/h2-6,8-9,12-13,19H,7,10-11,14-16H2,1H3. The lowest BCUT2D eigenvalue weighted by molar-refractivity contribution is -0.129. The number of likely N-dealkylation sites (tertiary alicyclic amines) is 1. The van der Waals surface area contributed by atoms with Gasteiger partial charge >= 0.3 is 0 Å². The van der Waals surface area contributed by atoms with E-state index >= 15 is 0 Å². The third kappa shape index (κ3) is 4.16. The zero-order chi connectivity index (χ0) is 16.8. The molecular formula is C21H25NO2. The molecule has 3 rings (SSSR count). The predicted octanol–water partition coefficient (Wildman–Crippen LogP) is 3.86. The summed E-state index contributed by atoms with van der Waals surface area (Å²) >= 11 is 0. The van der Waals surface area contributed by atoms with Crippen molar-refractivity contribution in [1.82, 2.24) is 4.90 Å². The van der Waals surface area contributed by atoms with E-state index in [2.05, 4.69) is 41.3 Å². The van der Waals surface area contributed by atoms with Crippen molar-refractivity contribution in [3.8, 4) is 5.75 Å². The van der Waals surface area contributed by atoms with Gasteiger partial charge in [0.25, 0.3) is 0 Å². The fourth-order valence-corrected chi connectivity index (χ4v) is 3.42. The van der Waals surface area contributed by atoms with Gasteiger partial charge in [0, 0.05) is 19.0 Å². The molecule has 1 unspecified atom stereocenters. The Balaban J connectivity index is 1.54. The van der Waals surface area contributed by atoms with Crippen molar-refractivity contribution in [2.75, 3.05) is 13.7 Å². The van der Waals surface area contributed by atoms with Gasteiger partial charge in [-0.2, -0.15) is 0 Å². The minimum absolute atomic E-state index is 0.307. The van der Waals surface area contributed by atoms with Crippen molar-refractivity contribution in [3.63, 3.8) is 0 Å². The summed E-state index contributed by atoms with van der Waals surface area (Å²) in [5.74, 6) is 1.18. The van der Waals surface area contributed by atoms with Crippen LogP contribution in [0.2, 0.25) is 0 Å². The van der Waals surface area contributed by atoms with Crippen LogP contribution >= 0.6 is 0 Å². The number of benzene rings is 2. The summed E-state index contributed by atoms with van der Waals surface area (Å²) in [6, 6.07) is 19.0. The molecule has 0 N–H and O–H groups in total. The van der Waals surface area contributed by atoms with E-state index in [4.69, 9.17) is 4.74 Å². The van der Waals surface area contributed by atoms with Crippen LogP contribution < -0.4 is 4.74 Å². The van der Waals surface area contributed by atoms with E-state index in [9.17, 15) is 4.79 Å². The van der Waals surface area contributed by atoms with Crippen molar-refractivity contribution in [2.45, 2.75) is 38.1 Å². The zero-order valence-electron chi connectivity index (χ0n) is 14.3. The molecule has 1 amide bonds. The van der Waals surface area contributed by atoms with Crippen LogP contribution in [0.4, 0.5) is 0 Å². The Morgan fingerprint density at radius 3 is 2.42 bits per heavy atom. The average Bonchev–Trinajstić information content (AvgIpc) is 2.99. The summed E-state index contributed by atoms with van der Waals surface area (Å²) in [6.45, 7) is 0.810. The van der Waals surface area contributed by atoms with Crippen molar-refractivity contribution in [2.24, 2.45) is 0 Å². The van der Waals surface area contributed by atoms with Gasteiger partial charge in [-0.05, 0) is 48.9 Å². The lowest BCUT2D eigenvalue weighted by atomic mass is 10.0. The maximum absolute atomic E-state index is 12.2. The monoisotopic (exact) mass is 323 g/mol. The third-order valence-electron chi connectivity index (χ3n) is 4.86. The Bertz CT molecular complexity index is 651. The summed E-state index contributed by atoms with van der Waals surface area (Å²) in [6.07, 6.45) is 4.68. The van der Waals surface area contributed by atoms with Crippen LogP contribution in [0, 0.1) is 0 Å². The molecule has 1 atom stereocenters. The minimum Gasteiger partial charge on any atom is -0.497 e. The molecule has 3 heteroatoms. The molecule has 0 radical (unpaired) electrons. The molecule has 1 heterocycles. The maximum atomic E-state index is 12.2. The molecule has 0 aromatic heterocycles. The van der Waals surface area contributed by atoms with Crippen molar-refractivity contribution < 1.29 is 9.53 Å². The number of hydrogen-bond donors (Lipinski definition) is 0. The number of aryl methyl sites for hydroxylation is 1. The molecule has 1 saturated heterocycles. The Hall–Kier alpha value is -2.29. The van der Waals surface area contributed by atoms with E-state index in [1.165, 1.54) is 11.1 Å². The number of carbonyl (C=O) groups is 1. The molecule has 2 aromatic rings. The highest BCUT2D eigenvalue weighted by molar-refractivity contribution is 5.78. The summed E-state index contributed by atoms with van der Waals surface area (Å²) in [5.41, 5.74) is 2.60. The maximum Gasteiger partial charge on any atom is 0.222 e. The molecule has 24 heavy (non-hydrogen) atoms. The number of rotatable bonds is 7. The first-order valence-electron chi connectivity index (χ1n) is 8.72. The molecule has 1 aliphatic rings. The van der Waals surface area contributed by atoms with Gasteiger partial charge in [0.2, 0.25) is 5.91 Å². The Labute approximate surface area is 144 Å².